The number of nitrogens with zero attached hydrogens (tertiary/aromatic N) is 1. The molecule has 0 spiro atoms. The van der Waals surface area contributed by atoms with Crippen molar-refractivity contribution in [3.8, 4) is 17.6 Å². The summed E-state index contributed by atoms with van der Waals surface area (Å²) in [6.07, 6.45) is 1.87. The molecule has 0 bridgehead atoms. The van der Waals surface area contributed by atoms with Crippen LogP contribution < -0.4 is 9.47 Å². The van der Waals surface area contributed by atoms with Crippen LogP contribution in [0.3, 0.4) is 0 Å². The number of benzene rings is 3. The summed E-state index contributed by atoms with van der Waals surface area (Å²) >= 11 is 2.20. The molecule has 4 heteroatoms. The van der Waals surface area contributed by atoms with Crippen LogP contribution in [0.5, 0.6) is 11.5 Å². The predicted octanol–water partition coefficient (Wildman–Crippen LogP) is 5.53. The van der Waals surface area contributed by atoms with Crippen molar-refractivity contribution < 1.29 is 9.47 Å². The van der Waals surface area contributed by atoms with E-state index in [2.05, 4.69) is 34.7 Å². The zero-order valence-corrected chi connectivity index (χ0v) is 16.1. The van der Waals surface area contributed by atoms with Crippen LogP contribution in [0, 0.1) is 14.9 Å². The minimum atomic E-state index is 0.605. The average Bonchev–Trinajstić information content (AvgIpc) is 2.65. The summed E-state index contributed by atoms with van der Waals surface area (Å²) in [4.78, 5) is 0. The maximum atomic E-state index is 9.63. The molecule has 3 rings (SSSR count). The number of rotatable bonds is 4. The highest BCUT2D eigenvalue weighted by Gasteiger charge is 2.11. The van der Waals surface area contributed by atoms with Gasteiger partial charge in [0.2, 0.25) is 0 Å². The Kier molecular flexibility index (Phi) is 5.25. The molecule has 124 valence electrons. The second-order valence-electron chi connectivity index (χ2n) is 5.47. The van der Waals surface area contributed by atoms with Gasteiger partial charge in [-0.05, 0) is 68.8 Å². The lowest BCUT2D eigenvalue weighted by molar-refractivity contribution is 0.353. The Labute approximate surface area is 160 Å². The summed E-state index contributed by atoms with van der Waals surface area (Å²) in [5.41, 5.74) is 2.39. The van der Waals surface area contributed by atoms with Crippen LogP contribution in [0.4, 0.5) is 0 Å². The van der Waals surface area contributed by atoms with Gasteiger partial charge in [0.15, 0.2) is 11.5 Å². The number of hydrogen-bond donors (Lipinski definition) is 0. The SMILES string of the molecule is COc1cc(/C=C(/C#N)c2ccc3ccccc3c2)cc(I)c1OC. The summed E-state index contributed by atoms with van der Waals surface area (Å²) in [5, 5.41) is 11.9. The van der Waals surface area contributed by atoms with Gasteiger partial charge >= 0.3 is 0 Å². The predicted molar refractivity (Wildman–Crippen MR) is 110 cm³/mol. The lowest BCUT2D eigenvalue weighted by Gasteiger charge is -2.11. The van der Waals surface area contributed by atoms with Gasteiger partial charge in [0.25, 0.3) is 0 Å². The van der Waals surface area contributed by atoms with Crippen molar-refractivity contribution in [2.75, 3.05) is 14.2 Å². The van der Waals surface area contributed by atoms with Gasteiger partial charge in [-0.2, -0.15) is 5.26 Å². The van der Waals surface area contributed by atoms with E-state index in [0.29, 0.717) is 17.1 Å². The number of fused-ring (bicyclic) bond motifs is 1. The third kappa shape index (κ3) is 3.62. The van der Waals surface area contributed by atoms with Crippen molar-refractivity contribution >= 4 is 45.0 Å². The number of allylic oxidation sites excluding steroid dienone is 1. The lowest BCUT2D eigenvalue weighted by Crippen LogP contribution is -1.94. The monoisotopic (exact) mass is 441 g/mol. The lowest BCUT2D eigenvalue weighted by atomic mass is 10.00. The minimum absolute atomic E-state index is 0.605. The highest BCUT2D eigenvalue weighted by atomic mass is 127. The van der Waals surface area contributed by atoms with E-state index in [4.69, 9.17) is 9.47 Å². The molecular formula is C21H16INO2. The molecule has 25 heavy (non-hydrogen) atoms. The smallest absolute Gasteiger partial charge is 0.174 e. The molecule has 0 atom stereocenters. The van der Waals surface area contributed by atoms with Crippen molar-refractivity contribution in [3.63, 3.8) is 0 Å². The Morgan fingerprint density at radius 2 is 1.76 bits per heavy atom. The second-order valence-corrected chi connectivity index (χ2v) is 6.63. The Bertz CT molecular complexity index is 1000. The van der Waals surface area contributed by atoms with Crippen LogP contribution in [-0.2, 0) is 0 Å². The second kappa shape index (κ2) is 7.58. The zero-order valence-electron chi connectivity index (χ0n) is 13.9. The van der Waals surface area contributed by atoms with E-state index in [9.17, 15) is 5.26 Å². The molecule has 0 aliphatic rings. The van der Waals surface area contributed by atoms with Crippen LogP contribution >= 0.6 is 22.6 Å². The number of halogens is 1. The van der Waals surface area contributed by atoms with E-state index in [1.54, 1.807) is 14.2 Å². The largest absolute Gasteiger partial charge is 0.493 e. The van der Waals surface area contributed by atoms with Crippen molar-refractivity contribution in [1.82, 2.24) is 0 Å². The maximum absolute atomic E-state index is 9.63. The molecule has 0 radical (unpaired) electrons. The van der Waals surface area contributed by atoms with Crippen LogP contribution in [0.15, 0.2) is 54.6 Å². The number of ether oxygens (including phenoxy) is 2. The number of methoxy groups -OCH3 is 2. The summed E-state index contributed by atoms with van der Waals surface area (Å²) in [6.45, 7) is 0. The van der Waals surface area contributed by atoms with Crippen LogP contribution in [0.1, 0.15) is 11.1 Å². The molecule has 0 unspecified atom stereocenters. The molecule has 3 aromatic rings. The molecule has 3 nitrogen and oxygen atoms in total. The maximum Gasteiger partial charge on any atom is 0.174 e. The molecular weight excluding hydrogens is 425 g/mol. The average molecular weight is 441 g/mol. The molecule has 0 saturated heterocycles. The molecule has 0 N–H and O–H groups in total. The third-order valence-electron chi connectivity index (χ3n) is 3.95. The first kappa shape index (κ1) is 17.3. The first-order valence-electron chi connectivity index (χ1n) is 7.68. The zero-order chi connectivity index (χ0) is 17.8. The van der Waals surface area contributed by atoms with Crippen LogP contribution in [0.2, 0.25) is 0 Å². The van der Waals surface area contributed by atoms with Gasteiger partial charge in [-0.1, -0.05) is 36.4 Å². The highest BCUT2D eigenvalue weighted by molar-refractivity contribution is 14.1. The number of hydrogen-bond acceptors (Lipinski definition) is 3. The molecule has 0 saturated carbocycles. The van der Waals surface area contributed by atoms with Crippen LogP contribution in [-0.4, -0.2) is 14.2 Å². The quantitative estimate of drug-likeness (QED) is 0.304. The molecule has 0 aliphatic heterocycles. The Hall–Kier alpha value is -2.52. The van der Waals surface area contributed by atoms with Crippen LogP contribution in [0.25, 0.3) is 22.4 Å². The minimum Gasteiger partial charge on any atom is -0.493 e. The normalized spacial score (nSPS) is 11.2. The molecule has 0 fully saturated rings. The van der Waals surface area contributed by atoms with E-state index in [1.165, 1.54) is 0 Å². The first-order valence-corrected chi connectivity index (χ1v) is 8.76. The molecule has 0 aliphatic carbocycles. The van der Waals surface area contributed by atoms with E-state index in [-0.39, 0.29) is 0 Å². The fourth-order valence-electron chi connectivity index (χ4n) is 2.72. The first-order chi connectivity index (χ1) is 12.2. The Balaban J connectivity index is 2.08. The number of nitriles is 1. The highest BCUT2D eigenvalue weighted by Crippen LogP contribution is 2.34. The molecule has 0 heterocycles. The van der Waals surface area contributed by atoms with E-state index in [0.717, 1.165) is 25.5 Å². The summed E-state index contributed by atoms with van der Waals surface area (Å²) in [6, 6.07) is 20.3. The van der Waals surface area contributed by atoms with Crippen molar-refractivity contribution in [2.45, 2.75) is 0 Å². The van der Waals surface area contributed by atoms with Gasteiger partial charge in [0, 0.05) is 0 Å². The fraction of sp³-hybridized carbons (Fsp3) is 0.0952. The molecule has 0 aromatic heterocycles. The standard InChI is InChI=1S/C21H16INO2/c1-24-20-11-14(10-19(22)21(20)25-2)9-18(13-23)17-8-7-15-5-3-4-6-16(15)12-17/h3-12H,1-2H3/b18-9-. The van der Waals surface area contributed by atoms with Gasteiger partial charge in [0.1, 0.15) is 0 Å². The van der Waals surface area contributed by atoms with Crippen molar-refractivity contribution in [3.05, 3.63) is 69.3 Å². The fourth-order valence-corrected chi connectivity index (χ4v) is 3.57. The van der Waals surface area contributed by atoms with E-state index >= 15 is 0 Å². The molecule has 3 aromatic carbocycles. The van der Waals surface area contributed by atoms with Crippen molar-refractivity contribution in [1.29, 1.82) is 5.26 Å². The summed E-state index contributed by atoms with van der Waals surface area (Å²) in [7, 11) is 3.22. The van der Waals surface area contributed by atoms with Gasteiger partial charge < -0.3 is 9.47 Å². The van der Waals surface area contributed by atoms with E-state index in [1.807, 2.05) is 54.6 Å². The Morgan fingerprint density at radius 1 is 1.00 bits per heavy atom. The molecule has 0 amide bonds. The Morgan fingerprint density at radius 3 is 2.44 bits per heavy atom. The van der Waals surface area contributed by atoms with E-state index < -0.39 is 0 Å². The topological polar surface area (TPSA) is 42.2 Å². The summed E-state index contributed by atoms with van der Waals surface area (Å²) in [5.74, 6) is 1.35. The third-order valence-corrected chi connectivity index (χ3v) is 4.75. The van der Waals surface area contributed by atoms with Gasteiger partial charge in [0.05, 0.1) is 29.4 Å². The van der Waals surface area contributed by atoms with Gasteiger partial charge in [-0.15, -0.1) is 0 Å². The van der Waals surface area contributed by atoms with Gasteiger partial charge in [-0.25, -0.2) is 0 Å². The summed E-state index contributed by atoms with van der Waals surface area (Å²) < 4.78 is 11.7. The van der Waals surface area contributed by atoms with Gasteiger partial charge in [-0.3, -0.25) is 0 Å². The van der Waals surface area contributed by atoms with Crippen molar-refractivity contribution in [2.24, 2.45) is 0 Å².